The number of nitrogens with one attached hydrogen (secondary N) is 1. The number of thiazole rings is 1. The Hall–Kier alpha value is -1.50. The predicted molar refractivity (Wildman–Crippen MR) is 83.1 cm³/mol. The summed E-state index contributed by atoms with van der Waals surface area (Å²) in [6.07, 6.45) is 3.82. The van der Waals surface area contributed by atoms with Gasteiger partial charge in [0.25, 0.3) is 0 Å². The van der Waals surface area contributed by atoms with Gasteiger partial charge >= 0.3 is 0 Å². The first-order chi connectivity index (χ1) is 9.75. The van der Waals surface area contributed by atoms with Gasteiger partial charge in [0.2, 0.25) is 0 Å². The van der Waals surface area contributed by atoms with Gasteiger partial charge in [-0.1, -0.05) is 6.07 Å². The summed E-state index contributed by atoms with van der Waals surface area (Å²) in [6.45, 7) is 2.86. The van der Waals surface area contributed by atoms with Crippen molar-refractivity contribution in [2.45, 2.75) is 19.5 Å². The second-order valence-electron chi connectivity index (χ2n) is 4.59. The van der Waals surface area contributed by atoms with Gasteiger partial charge in [0.1, 0.15) is 11.9 Å². The normalized spacial score (nSPS) is 12.7. The van der Waals surface area contributed by atoms with Crippen LogP contribution >= 0.6 is 22.7 Å². The lowest BCUT2D eigenvalue weighted by Gasteiger charge is -2.17. The van der Waals surface area contributed by atoms with Crippen LogP contribution in [-0.4, -0.2) is 14.5 Å². The zero-order chi connectivity index (χ0) is 13.9. The van der Waals surface area contributed by atoms with Crippen molar-refractivity contribution in [3.05, 3.63) is 56.7 Å². The van der Waals surface area contributed by atoms with E-state index >= 15 is 0 Å². The highest BCUT2D eigenvalue weighted by Gasteiger charge is 2.19. The van der Waals surface area contributed by atoms with Crippen LogP contribution in [0, 0.1) is 6.92 Å². The molecule has 1 unspecified atom stereocenters. The average molecular weight is 304 g/mol. The minimum Gasteiger partial charge on any atom is -0.336 e. The number of aryl methyl sites for hydroxylation is 2. The van der Waals surface area contributed by atoms with E-state index in [2.05, 4.69) is 44.3 Å². The van der Waals surface area contributed by atoms with Gasteiger partial charge in [0, 0.05) is 35.7 Å². The molecule has 0 spiro atoms. The zero-order valence-electron chi connectivity index (χ0n) is 11.4. The van der Waals surface area contributed by atoms with Gasteiger partial charge in [-0.15, -0.1) is 22.7 Å². The van der Waals surface area contributed by atoms with E-state index in [9.17, 15) is 0 Å². The minimum absolute atomic E-state index is 0.122. The Morgan fingerprint density at radius 1 is 1.35 bits per heavy atom. The summed E-state index contributed by atoms with van der Waals surface area (Å²) in [5.74, 6) is 1.04. The molecule has 20 heavy (non-hydrogen) atoms. The second-order valence-corrected chi connectivity index (χ2v) is 6.51. The van der Waals surface area contributed by atoms with Gasteiger partial charge < -0.3 is 4.57 Å². The van der Waals surface area contributed by atoms with Crippen molar-refractivity contribution < 1.29 is 0 Å². The molecule has 3 aromatic rings. The summed E-state index contributed by atoms with van der Waals surface area (Å²) < 4.78 is 2.07. The lowest BCUT2D eigenvalue weighted by molar-refractivity contribution is 0.567. The smallest absolute Gasteiger partial charge is 0.131 e. The molecule has 0 radical (unpaired) electrons. The van der Waals surface area contributed by atoms with E-state index in [0.717, 1.165) is 18.1 Å². The van der Waals surface area contributed by atoms with Crippen LogP contribution in [0.15, 0.2) is 35.4 Å². The molecule has 3 rings (SSSR count). The average Bonchev–Trinajstić information content (AvgIpc) is 3.15. The van der Waals surface area contributed by atoms with E-state index in [1.165, 1.54) is 9.75 Å². The Morgan fingerprint density at radius 2 is 2.25 bits per heavy atom. The summed E-state index contributed by atoms with van der Waals surface area (Å²) in [4.78, 5) is 11.3. The molecule has 0 aliphatic rings. The zero-order valence-corrected chi connectivity index (χ0v) is 13.0. The quantitative estimate of drug-likeness (QED) is 0.787. The fourth-order valence-corrected chi connectivity index (χ4v) is 3.64. The number of thiophene rings is 1. The lowest BCUT2D eigenvalue weighted by atomic mass is 10.2. The molecule has 0 fully saturated rings. The van der Waals surface area contributed by atoms with Gasteiger partial charge in [0.15, 0.2) is 0 Å². The molecule has 3 aromatic heterocycles. The first kappa shape index (κ1) is 13.5. The number of hydrogen-bond acceptors (Lipinski definition) is 5. The number of aromatic nitrogens is 3. The third-order valence-corrected chi connectivity index (χ3v) is 5.13. The molecular formula is C14H16N4S2. The molecule has 0 aromatic carbocycles. The highest BCUT2D eigenvalue weighted by molar-refractivity contribution is 7.10. The van der Waals surface area contributed by atoms with Crippen molar-refractivity contribution in [3.63, 3.8) is 0 Å². The van der Waals surface area contributed by atoms with Crippen molar-refractivity contribution in [3.8, 4) is 0 Å². The van der Waals surface area contributed by atoms with Crippen LogP contribution in [-0.2, 0) is 13.6 Å². The Bertz CT molecular complexity index is 669. The molecule has 1 N–H and O–H groups in total. The van der Waals surface area contributed by atoms with Crippen molar-refractivity contribution in [1.29, 1.82) is 0 Å². The Labute approximate surface area is 126 Å². The SMILES string of the molecule is Cc1ncsc1CNC(c1cccs1)c1nccn1C. The van der Waals surface area contributed by atoms with Gasteiger partial charge in [-0.2, -0.15) is 0 Å². The van der Waals surface area contributed by atoms with Gasteiger partial charge in [-0.3, -0.25) is 5.32 Å². The Kier molecular flexibility index (Phi) is 3.95. The molecule has 4 nitrogen and oxygen atoms in total. The molecule has 0 aliphatic heterocycles. The third kappa shape index (κ3) is 2.67. The molecule has 6 heteroatoms. The van der Waals surface area contributed by atoms with Crippen LogP contribution in [0.3, 0.4) is 0 Å². The maximum Gasteiger partial charge on any atom is 0.131 e. The molecule has 0 saturated carbocycles. The number of nitrogens with zero attached hydrogens (tertiary/aromatic N) is 3. The van der Waals surface area contributed by atoms with Crippen LogP contribution in [0.1, 0.15) is 27.3 Å². The van der Waals surface area contributed by atoms with Crippen LogP contribution < -0.4 is 5.32 Å². The molecule has 0 aliphatic carbocycles. The van der Waals surface area contributed by atoms with Gasteiger partial charge in [0.05, 0.1) is 11.2 Å². The van der Waals surface area contributed by atoms with E-state index in [0.29, 0.717) is 0 Å². The van der Waals surface area contributed by atoms with Crippen molar-refractivity contribution in [1.82, 2.24) is 19.9 Å². The largest absolute Gasteiger partial charge is 0.336 e. The van der Waals surface area contributed by atoms with E-state index in [1.54, 1.807) is 22.7 Å². The first-order valence-electron chi connectivity index (χ1n) is 6.38. The Morgan fingerprint density at radius 3 is 2.85 bits per heavy atom. The van der Waals surface area contributed by atoms with Crippen LogP contribution in [0.25, 0.3) is 0 Å². The maximum absolute atomic E-state index is 4.49. The van der Waals surface area contributed by atoms with E-state index < -0.39 is 0 Å². The molecule has 0 saturated heterocycles. The molecule has 0 bridgehead atoms. The number of imidazole rings is 1. The number of rotatable bonds is 5. The monoisotopic (exact) mass is 304 g/mol. The summed E-state index contributed by atoms with van der Waals surface area (Å²) in [5.41, 5.74) is 3.00. The predicted octanol–water partition coefficient (Wildman–Crippen LogP) is 3.13. The standard InChI is InChI=1S/C14H16N4S2/c1-10-12(20-9-17-10)8-16-13(11-4-3-7-19-11)14-15-5-6-18(14)2/h3-7,9,13,16H,8H2,1-2H3. The fourth-order valence-electron chi connectivity index (χ4n) is 2.12. The van der Waals surface area contributed by atoms with Gasteiger partial charge in [-0.25, -0.2) is 9.97 Å². The summed E-state index contributed by atoms with van der Waals surface area (Å²) in [5, 5.41) is 5.71. The van der Waals surface area contributed by atoms with Crippen LogP contribution in [0.5, 0.6) is 0 Å². The highest BCUT2D eigenvalue weighted by Crippen LogP contribution is 2.25. The Balaban J connectivity index is 1.84. The fraction of sp³-hybridized carbons (Fsp3) is 0.286. The maximum atomic E-state index is 4.49. The van der Waals surface area contributed by atoms with Crippen LogP contribution in [0.2, 0.25) is 0 Å². The van der Waals surface area contributed by atoms with E-state index in [-0.39, 0.29) is 6.04 Å². The summed E-state index contributed by atoms with van der Waals surface area (Å²) >= 11 is 3.44. The minimum atomic E-state index is 0.122. The van der Waals surface area contributed by atoms with Crippen molar-refractivity contribution in [2.24, 2.45) is 7.05 Å². The van der Waals surface area contributed by atoms with E-state index in [1.807, 2.05) is 25.0 Å². The van der Waals surface area contributed by atoms with Gasteiger partial charge in [-0.05, 0) is 18.4 Å². The lowest BCUT2D eigenvalue weighted by Crippen LogP contribution is -2.24. The summed E-state index contributed by atoms with van der Waals surface area (Å²) in [7, 11) is 2.03. The third-order valence-electron chi connectivity index (χ3n) is 3.26. The molecule has 1 atom stereocenters. The topological polar surface area (TPSA) is 42.7 Å². The molecular weight excluding hydrogens is 288 g/mol. The van der Waals surface area contributed by atoms with E-state index in [4.69, 9.17) is 0 Å². The summed E-state index contributed by atoms with van der Waals surface area (Å²) in [6, 6.07) is 4.35. The number of hydrogen-bond donors (Lipinski definition) is 1. The molecule has 0 amide bonds. The molecule has 104 valence electrons. The first-order valence-corrected chi connectivity index (χ1v) is 8.14. The van der Waals surface area contributed by atoms with Crippen LogP contribution in [0.4, 0.5) is 0 Å². The highest BCUT2D eigenvalue weighted by atomic mass is 32.1. The second kappa shape index (κ2) is 5.87. The molecule has 3 heterocycles. The van der Waals surface area contributed by atoms with Crippen molar-refractivity contribution in [2.75, 3.05) is 0 Å². The van der Waals surface area contributed by atoms with Crippen molar-refractivity contribution >= 4 is 22.7 Å².